The second-order valence-corrected chi connectivity index (χ2v) is 7.63. The molecule has 1 aliphatic heterocycles. The predicted octanol–water partition coefficient (Wildman–Crippen LogP) is 2.84. The van der Waals surface area contributed by atoms with Gasteiger partial charge in [-0.3, -0.25) is 14.5 Å². The number of nitrogens with one attached hydrogen (secondary N) is 2. The topological polar surface area (TPSA) is 78.5 Å². The fourth-order valence-electron chi connectivity index (χ4n) is 2.94. The molecule has 27 heavy (non-hydrogen) atoms. The Kier molecular flexibility index (Phi) is 5.32. The number of halogens is 1. The highest BCUT2D eigenvalue weighted by molar-refractivity contribution is 9.10. The number of aryl methyl sites for hydroxylation is 1. The summed E-state index contributed by atoms with van der Waals surface area (Å²) in [6.45, 7) is 3.65. The van der Waals surface area contributed by atoms with E-state index in [-0.39, 0.29) is 6.54 Å². The summed E-state index contributed by atoms with van der Waals surface area (Å²) < 4.78 is 0.803. The number of hydrogen-bond acceptors (Lipinski definition) is 3. The Balaban J connectivity index is 1.66. The van der Waals surface area contributed by atoms with Crippen molar-refractivity contribution in [2.24, 2.45) is 0 Å². The van der Waals surface area contributed by atoms with Gasteiger partial charge in [0.05, 0.1) is 0 Å². The average Bonchev–Trinajstić information content (AvgIpc) is 2.85. The standard InChI is InChI=1S/C20H20BrN3O3/c1-13-6-8-14(9-7-13)11-22-17(25)12-24-18(26)20(2,23-19(24)27)15-4-3-5-16(21)10-15/h3-10H,11-12H2,1-2H3,(H,22,25)(H,23,27)/t20-/m0/s1. The molecule has 0 bridgehead atoms. The molecule has 0 aliphatic carbocycles. The number of amides is 4. The van der Waals surface area contributed by atoms with Gasteiger partial charge in [-0.15, -0.1) is 0 Å². The van der Waals surface area contributed by atoms with Crippen LogP contribution in [0.2, 0.25) is 0 Å². The normalized spacial score (nSPS) is 19.1. The lowest BCUT2D eigenvalue weighted by Crippen LogP contribution is -2.43. The van der Waals surface area contributed by atoms with Crippen LogP contribution in [0.15, 0.2) is 53.0 Å². The summed E-state index contributed by atoms with van der Waals surface area (Å²) in [7, 11) is 0. The number of carbonyl (C=O) groups excluding carboxylic acids is 3. The second-order valence-electron chi connectivity index (χ2n) is 6.72. The van der Waals surface area contributed by atoms with Crippen LogP contribution in [-0.2, 0) is 21.7 Å². The van der Waals surface area contributed by atoms with Crippen LogP contribution in [0, 0.1) is 6.92 Å². The molecule has 4 amide bonds. The first-order chi connectivity index (χ1) is 12.8. The first-order valence-corrected chi connectivity index (χ1v) is 9.31. The third-order valence-electron chi connectivity index (χ3n) is 4.59. The monoisotopic (exact) mass is 429 g/mol. The molecule has 1 saturated heterocycles. The van der Waals surface area contributed by atoms with Crippen LogP contribution in [0.1, 0.15) is 23.6 Å². The Bertz CT molecular complexity index is 898. The Morgan fingerprint density at radius 2 is 1.89 bits per heavy atom. The molecule has 1 heterocycles. The van der Waals surface area contributed by atoms with Gasteiger partial charge in [0.1, 0.15) is 12.1 Å². The molecule has 1 atom stereocenters. The van der Waals surface area contributed by atoms with E-state index in [2.05, 4.69) is 26.6 Å². The quantitative estimate of drug-likeness (QED) is 0.717. The molecule has 0 unspecified atom stereocenters. The van der Waals surface area contributed by atoms with Gasteiger partial charge in [-0.05, 0) is 37.1 Å². The third-order valence-corrected chi connectivity index (χ3v) is 5.08. The molecule has 1 fully saturated rings. The largest absolute Gasteiger partial charge is 0.350 e. The lowest BCUT2D eigenvalue weighted by molar-refractivity contribution is -0.134. The molecule has 0 radical (unpaired) electrons. The zero-order chi connectivity index (χ0) is 19.6. The zero-order valence-electron chi connectivity index (χ0n) is 15.1. The zero-order valence-corrected chi connectivity index (χ0v) is 16.7. The van der Waals surface area contributed by atoms with Crippen molar-refractivity contribution >= 4 is 33.8 Å². The molecular weight excluding hydrogens is 410 g/mol. The van der Waals surface area contributed by atoms with Gasteiger partial charge in [-0.1, -0.05) is 57.9 Å². The summed E-state index contributed by atoms with van der Waals surface area (Å²) in [4.78, 5) is 38.3. The maximum Gasteiger partial charge on any atom is 0.325 e. The van der Waals surface area contributed by atoms with Crippen molar-refractivity contribution in [3.63, 3.8) is 0 Å². The van der Waals surface area contributed by atoms with Gasteiger partial charge in [0.25, 0.3) is 5.91 Å². The van der Waals surface area contributed by atoms with Crippen LogP contribution in [0.4, 0.5) is 4.79 Å². The summed E-state index contributed by atoms with van der Waals surface area (Å²) in [5, 5.41) is 5.44. The molecule has 2 aromatic carbocycles. The molecule has 3 rings (SSSR count). The fourth-order valence-corrected chi connectivity index (χ4v) is 3.34. The van der Waals surface area contributed by atoms with Gasteiger partial charge >= 0.3 is 6.03 Å². The van der Waals surface area contributed by atoms with E-state index >= 15 is 0 Å². The minimum atomic E-state index is -1.20. The molecule has 2 aromatic rings. The maximum atomic E-state index is 12.8. The van der Waals surface area contributed by atoms with Crippen molar-refractivity contribution in [1.29, 1.82) is 0 Å². The number of benzene rings is 2. The first-order valence-electron chi connectivity index (χ1n) is 8.52. The van der Waals surface area contributed by atoms with E-state index in [0.717, 1.165) is 20.5 Å². The van der Waals surface area contributed by atoms with Crippen LogP contribution >= 0.6 is 15.9 Å². The molecule has 140 valence electrons. The van der Waals surface area contributed by atoms with E-state index in [0.29, 0.717) is 12.1 Å². The minimum absolute atomic E-state index is 0.319. The van der Waals surface area contributed by atoms with Crippen LogP contribution < -0.4 is 10.6 Å². The van der Waals surface area contributed by atoms with Crippen LogP contribution in [0.25, 0.3) is 0 Å². The lowest BCUT2D eigenvalue weighted by atomic mass is 9.92. The van der Waals surface area contributed by atoms with Crippen LogP contribution in [-0.4, -0.2) is 29.3 Å². The van der Waals surface area contributed by atoms with E-state index in [4.69, 9.17) is 0 Å². The fraction of sp³-hybridized carbons (Fsp3) is 0.250. The highest BCUT2D eigenvalue weighted by Crippen LogP contribution is 2.30. The Morgan fingerprint density at radius 1 is 1.19 bits per heavy atom. The maximum absolute atomic E-state index is 12.8. The summed E-state index contributed by atoms with van der Waals surface area (Å²) in [5.41, 5.74) is 1.54. The lowest BCUT2D eigenvalue weighted by Gasteiger charge is -2.22. The molecule has 2 N–H and O–H groups in total. The highest BCUT2D eigenvalue weighted by atomic mass is 79.9. The Labute approximate surface area is 166 Å². The molecule has 0 saturated carbocycles. The minimum Gasteiger partial charge on any atom is -0.350 e. The van der Waals surface area contributed by atoms with E-state index < -0.39 is 23.4 Å². The van der Waals surface area contributed by atoms with Gasteiger partial charge in [-0.25, -0.2) is 4.79 Å². The molecule has 6 nitrogen and oxygen atoms in total. The number of urea groups is 1. The van der Waals surface area contributed by atoms with E-state index in [1.807, 2.05) is 37.3 Å². The van der Waals surface area contributed by atoms with E-state index in [9.17, 15) is 14.4 Å². The van der Waals surface area contributed by atoms with Crippen LogP contribution in [0.3, 0.4) is 0 Å². The van der Waals surface area contributed by atoms with Gasteiger partial charge in [0, 0.05) is 11.0 Å². The number of carbonyl (C=O) groups is 3. The first kappa shape index (κ1) is 19.1. The van der Waals surface area contributed by atoms with Gasteiger partial charge in [-0.2, -0.15) is 0 Å². The van der Waals surface area contributed by atoms with Crippen molar-refractivity contribution in [2.75, 3.05) is 6.54 Å². The molecule has 7 heteroatoms. The van der Waals surface area contributed by atoms with Crippen molar-refractivity contribution in [3.8, 4) is 0 Å². The number of imide groups is 1. The Hall–Kier alpha value is -2.67. The molecule has 1 aliphatic rings. The predicted molar refractivity (Wildman–Crippen MR) is 105 cm³/mol. The summed E-state index contributed by atoms with van der Waals surface area (Å²) in [5.74, 6) is -0.839. The van der Waals surface area contributed by atoms with E-state index in [1.165, 1.54) is 0 Å². The molecular formula is C20H20BrN3O3. The number of hydrogen-bond donors (Lipinski definition) is 2. The van der Waals surface area contributed by atoms with Crippen molar-refractivity contribution in [2.45, 2.75) is 25.9 Å². The summed E-state index contributed by atoms with van der Waals surface area (Å²) in [6.07, 6.45) is 0. The van der Waals surface area contributed by atoms with Gasteiger partial charge in [0.15, 0.2) is 0 Å². The van der Waals surface area contributed by atoms with Crippen molar-refractivity contribution in [3.05, 3.63) is 69.7 Å². The van der Waals surface area contributed by atoms with Crippen molar-refractivity contribution < 1.29 is 14.4 Å². The molecule has 0 spiro atoms. The summed E-state index contributed by atoms with van der Waals surface area (Å²) in [6, 6.07) is 14.4. The van der Waals surface area contributed by atoms with Crippen LogP contribution in [0.5, 0.6) is 0 Å². The third kappa shape index (κ3) is 4.03. The van der Waals surface area contributed by atoms with Crippen molar-refractivity contribution in [1.82, 2.24) is 15.5 Å². The summed E-state index contributed by atoms with van der Waals surface area (Å²) >= 11 is 3.37. The number of nitrogens with zero attached hydrogens (tertiary/aromatic N) is 1. The van der Waals surface area contributed by atoms with Gasteiger partial charge in [0.2, 0.25) is 5.91 Å². The van der Waals surface area contributed by atoms with Gasteiger partial charge < -0.3 is 10.6 Å². The average molecular weight is 430 g/mol. The number of rotatable bonds is 5. The SMILES string of the molecule is Cc1ccc(CNC(=O)CN2C(=O)N[C@@](C)(c3cccc(Br)c3)C2=O)cc1. The van der Waals surface area contributed by atoms with E-state index in [1.54, 1.807) is 25.1 Å². The smallest absolute Gasteiger partial charge is 0.325 e. The molecule has 0 aromatic heterocycles. The highest BCUT2D eigenvalue weighted by Gasteiger charge is 2.49. The Morgan fingerprint density at radius 3 is 2.56 bits per heavy atom. The second kappa shape index (κ2) is 7.52.